The summed E-state index contributed by atoms with van der Waals surface area (Å²) in [5, 5.41) is 0. The Bertz CT molecular complexity index is 147. The molecule has 0 saturated heterocycles. The topological polar surface area (TPSA) is 0 Å². The fraction of sp³-hybridized carbons (Fsp3) is 1.00. The van der Waals surface area contributed by atoms with Crippen LogP contribution in [0, 0.1) is 17.8 Å². The number of rotatable bonds is 2. The molecule has 1 rings (SSSR count). The highest BCUT2D eigenvalue weighted by atomic mass is 127. The SMILES string of the molecule is CC1C(C)C1C(I)C(F)(F)I. The van der Waals surface area contributed by atoms with Crippen molar-refractivity contribution in [3.05, 3.63) is 0 Å². The molecule has 3 atom stereocenters. The first-order valence-electron chi connectivity index (χ1n) is 3.56. The lowest BCUT2D eigenvalue weighted by Gasteiger charge is -2.15. The molecule has 1 fully saturated rings. The summed E-state index contributed by atoms with van der Waals surface area (Å²) in [5.41, 5.74) is 0. The zero-order valence-corrected chi connectivity index (χ0v) is 10.6. The Hall–Kier alpha value is 1.32. The zero-order valence-electron chi connectivity index (χ0n) is 6.32. The van der Waals surface area contributed by atoms with Gasteiger partial charge in [-0.15, -0.1) is 0 Å². The van der Waals surface area contributed by atoms with Crippen LogP contribution in [0.15, 0.2) is 0 Å². The Labute approximate surface area is 92.8 Å². The quantitative estimate of drug-likeness (QED) is 0.502. The van der Waals surface area contributed by atoms with Gasteiger partial charge in [-0.3, -0.25) is 0 Å². The van der Waals surface area contributed by atoms with E-state index in [1.54, 1.807) is 0 Å². The van der Waals surface area contributed by atoms with Gasteiger partial charge in [0.15, 0.2) is 0 Å². The van der Waals surface area contributed by atoms with E-state index >= 15 is 0 Å². The Morgan fingerprint density at radius 1 is 1.27 bits per heavy atom. The highest BCUT2D eigenvalue weighted by Crippen LogP contribution is 2.55. The van der Waals surface area contributed by atoms with Crippen molar-refractivity contribution in [1.82, 2.24) is 0 Å². The van der Waals surface area contributed by atoms with Crippen LogP contribution in [0.4, 0.5) is 8.78 Å². The van der Waals surface area contributed by atoms with Crippen LogP contribution in [0.3, 0.4) is 0 Å². The summed E-state index contributed by atoms with van der Waals surface area (Å²) in [7, 11) is 0. The van der Waals surface area contributed by atoms with Crippen molar-refractivity contribution in [2.75, 3.05) is 0 Å². The molecule has 0 radical (unpaired) electrons. The van der Waals surface area contributed by atoms with Gasteiger partial charge in [-0.1, -0.05) is 36.4 Å². The summed E-state index contributed by atoms with van der Waals surface area (Å²) >= 11 is 3.11. The van der Waals surface area contributed by atoms with E-state index in [1.165, 1.54) is 22.6 Å². The Morgan fingerprint density at radius 3 is 1.73 bits per heavy atom. The van der Waals surface area contributed by atoms with E-state index in [0.717, 1.165) is 0 Å². The molecule has 0 bridgehead atoms. The van der Waals surface area contributed by atoms with E-state index in [0.29, 0.717) is 11.8 Å². The van der Waals surface area contributed by atoms with Gasteiger partial charge in [-0.25, -0.2) is 0 Å². The van der Waals surface area contributed by atoms with Gasteiger partial charge in [0, 0.05) is 0 Å². The van der Waals surface area contributed by atoms with Gasteiger partial charge >= 0.3 is 3.93 Å². The van der Waals surface area contributed by atoms with Crippen LogP contribution < -0.4 is 0 Å². The third kappa shape index (κ3) is 2.16. The predicted octanol–water partition coefficient (Wildman–Crippen LogP) is 3.72. The molecule has 1 saturated carbocycles. The molecule has 3 unspecified atom stereocenters. The van der Waals surface area contributed by atoms with E-state index in [-0.39, 0.29) is 5.92 Å². The van der Waals surface area contributed by atoms with Crippen molar-refractivity contribution in [2.24, 2.45) is 17.8 Å². The predicted molar refractivity (Wildman–Crippen MR) is 58.6 cm³/mol. The molecule has 0 spiro atoms. The van der Waals surface area contributed by atoms with Gasteiger partial charge in [-0.05, 0) is 40.3 Å². The molecule has 4 heteroatoms. The fourth-order valence-corrected chi connectivity index (χ4v) is 3.18. The summed E-state index contributed by atoms with van der Waals surface area (Å²) in [6, 6.07) is 0. The summed E-state index contributed by atoms with van der Waals surface area (Å²) in [4.78, 5) is 0. The maximum Gasteiger partial charge on any atom is 0.308 e. The Morgan fingerprint density at radius 2 is 1.64 bits per heavy atom. The first-order valence-corrected chi connectivity index (χ1v) is 5.89. The average Bonchev–Trinajstić information content (AvgIpc) is 2.38. The van der Waals surface area contributed by atoms with E-state index < -0.39 is 7.85 Å². The Balaban J connectivity index is 2.51. The number of alkyl halides is 4. The fourth-order valence-electron chi connectivity index (χ4n) is 1.45. The molecule has 0 aromatic heterocycles. The van der Waals surface area contributed by atoms with Gasteiger partial charge in [0.1, 0.15) is 0 Å². The van der Waals surface area contributed by atoms with Gasteiger partial charge in [-0.2, -0.15) is 8.78 Å². The summed E-state index contributed by atoms with van der Waals surface area (Å²) in [6.07, 6.45) is 0. The molecule has 0 heterocycles. The smallest absolute Gasteiger partial charge is 0.194 e. The molecule has 0 aromatic carbocycles. The second-order valence-electron chi connectivity index (χ2n) is 3.24. The van der Waals surface area contributed by atoms with Crippen LogP contribution in [0.1, 0.15) is 13.8 Å². The largest absolute Gasteiger partial charge is 0.308 e. The lowest BCUT2D eigenvalue weighted by atomic mass is 10.2. The highest BCUT2D eigenvalue weighted by Gasteiger charge is 2.54. The van der Waals surface area contributed by atoms with Crippen molar-refractivity contribution in [2.45, 2.75) is 21.7 Å². The van der Waals surface area contributed by atoms with Crippen LogP contribution in [0.25, 0.3) is 0 Å². The van der Waals surface area contributed by atoms with Crippen LogP contribution in [-0.2, 0) is 0 Å². The van der Waals surface area contributed by atoms with Crippen LogP contribution in [-0.4, -0.2) is 7.85 Å². The Kier molecular flexibility index (Phi) is 3.05. The number of halogens is 4. The zero-order chi connectivity index (χ0) is 8.81. The van der Waals surface area contributed by atoms with Crippen molar-refractivity contribution in [1.29, 1.82) is 0 Å². The first kappa shape index (κ1) is 10.4. The molecule has 0 aliphatic heterocycles. The summed E-state index contributed by atoms with van der Waals surface area (Å²) < 4.78 is 22.4. The molecule has 66 valence electrons. The van der Waals surface area contributed by atoms with Crippen LogP contribution >= 0.6 is 45.2 Å². The lowest BCUT2D eigenvalue weighted by Crippen LogP contribution is -2.23. The molecular formula is C7H10F2I2. The number of hydrogen-bond acceptors (Lipinski definition) is 0. The summed E-state index contributed by atoms with van der Waals surface area (Å²) in [5.74, 6) is 1.19. The average molecular weight is 386 g/mol. The summed E-state index contributed by atoms with van der Waals surface area (Å²) in [6.45, 7) is 4.09. The lowest BCUT2D eigenvalue weighted by molar-refractivity contribution is 0.120. The molecule has 0 amide bonds. The molecule has 0 nitrogen and oxygen atoms in total. The molecule has 1 aliphatic rings. The molecule has 1 aliphatic carbocycles. The van der Waals surface area contributed by atoms with Gasteiger partial charge in [0.2, 0.25) is 0 Å². The maximum absolute atomic E-state index is 12.7. The first-order chi connectivity index (χ1) is 4.85. The maximum atomic E-state index is 12.7. The molecule has 0 aromatic rings. The second-order valence-corrected chi connectivity index (χ2v) is 6.02. The standard InChI is InChI=1S/C7H10F2I2/c1-3-4(2)5(3)6(10)7(8,9)11/h3-6H,1-2H3. The van der Waals surface area contributed by atoms with Crippen molar-refractivity contribution in [3.63, 3.8) is 0 Å². The third-order valence-electron chi connectivity index (χ3n) is 2.55. The van der Waals surface area contributed by atoms with Crippen molar-refractivity contribution >= 4 is 45.2 Å². The minimum atomic E-state index is -2.54. The van der Waals surface area contributed by atoms with E-state index in [2.05, 4.69) is 0 Å². The minimum Gasteiger partial charge on any atom is -0.194 e. The van der Waals surface area contributed by atoms with E-state index in [9.17, 15) is 8.78 Å². The van der Waals surface area contributed by atoms with Gasteiger partial charge < -0.3 is 0 Å². The van der Waals surface area contributed by atoms with Crippen LogP contribution in [0.2, 0.25) is 0 Å². The normalized spacial score (nSPS) is 40.4. The van der Waals surface area contributed by atoms with E-state index in [1.807, 2.05) is 36.4 Å². The van der Waals surface area contributed by atoms with E-state index in [4.69, 9.17) is 0 Å². The van der Waals surface area contributed by atoms with Gasteiger partial charge in [0.05, 0.1) is 3.92 Å². The molecule has 0 N–H and O–H groups in total. The minimum absolute atomic E-state index is 0.225. The monoisotopic (exact) mass is 386 g/mol. The van der Waals surface area contributed by atoms with Crippen LogP contribution in [0.5, 0.6) is 0 Å². The number of hydrogen-bond donors (Lipinski definition) is 0. The second kappa shape index (κ2) is 3.23. The molecule has 11 heavy (non-hydrogen) atoms. The third-order valence-corrected chi connectivity index (χ3v) is 6.03. The van der Waals surface area contributed by atoms with Gasteiger partial charge in [0.25, 0.3) is 0 Å². The van der Waals surface area contributed by atoms with Crippen molar-refractivity contribution in [3.8, 4) is 0 Å². The molecular weight excluding hydrogens is 376 g/mol. The highest BCUT2D eigenvalue weighted by molar-refractivity contribution is 14.1. The van der Waals surface area contributed by atoms with Crippen molar-refractivity contribution < 1.29 is 8.78 Å².